The first-order valence-electron chi connectivity index (χ1n) is 5.17. The van der Waals surface area contributed by atoms with Gasteiger partial charge in [0.25, 0.3) is 0 Å². The van der Waals surface area contributed by atoms with E-state index < -0.39 is 24.5 Å². The molecule has 0 radical (unpaired) electrons. The van der Waals surface area contributed by atoms with Gasteiger partial charge < -0.3 is 10.1 Å². The minimum atomic E-state index is -4.41. The lowest BCUT2D eigenvalue weighted by molar-refractivity contribution is -0.174. The van der Waals surface area contributed by atoms with Crippen LogP contribution in [-0.2, 0) is 9.53 Å². The number of hydrogen-bond donors (Lipinski definition) is 1. The van der Waals surface area contributed by atoms with Gasteiger partial charge in [0.05, 0.1) is 18.7 Å². The molecular formula is C11H10BrF4NO2. The van der Waals surface area contributed by atoms with E-state index in [0.717, 1.165) is 6.07 Å². The molecule has 0 bridgehead atoms. The van der Waals surface area contributed by atoms with Gasteiger partial charge in [0.1, 0.15) is 12.4 Å². The fourth-order valence-corrected chi connectivity index (χ4v) is 1.50. The highest BCUT2D eigenvalue weighted by molar-refractivity contribution is 9.10. The maximum Gasteiger partial charge on any atom is 0.411 e. The molecule has 0 saturated heterocycles. The van der Waals surface area contributed by atoms with Crippen LogP contribution < -0.4 is 5.32 Å². The molecule has 1 rings (SSSR count). The fraction of sp³-hybridized carbons (Fsp3) is 0.364. The SMILES string of the molecule is O=C(CCOCC(F)(F)F)Nc1cc(F)ccc1Br. The zero-order valence-electron chi connectivity index (χ0n) is 9.56. The van der Waals surface area contributed by atoms with E-state index in [0.29, 0.717) is 4.47 Å². The number of rotatable bonds is 5. The number of hydrogen-bond acceptors (Lipinski definition) is 2. The van der Waals surface area contributed by atoms with Crippen molar-refractivity contribution in [3.05, 3.63) is 28.5 Å². The van der Waals surface area contributed by atoms with Crippen LogP contribution in [0.2, 0.25) is 0 Å². The van der Waals surface area contributed by atoms with Crippen molar-refractivity contribution in [1.82, 2.24) is 0 Å². The van der Waals surface area contributed by atoms with Gasteiger partial charge >= 0.3 is 6.18 Å². The number of carbonyl (C=O) groups is 1. The second-order valence-corrected chi connectivity index (χ2v) is 4.44. The van der Waals surface area contributed by atoms with Gasteiger partial charge in [-0.05, 0) is 34.1 Å². The Hall–Kier alpha value is -1.15. The van der Waals surface area contributed by atoms with E-state index in [2.05, 4.69) is 26.0 Å². The van der Waals surface area contributed by atoms with Gasteiger partial charge in [-0.25, -0.2) is 4.39 Å². The summed E-state index contributed by atoms with van der Waals surface area (Å²) in [5.41, 5.74) is 0.209. The molecule has 1 aromatic rings. The summed E-state index contributed by atoms with van der Waals surface area (Å²) in [5, 5.41) is 2.36. The predicted molar refractivity (Wildman–Crippen MR) is 64.2 cm³/mol. The summed E-state index contributed by atoms with van der Waals surface area (Å²) in [4.78, 5) is 11.4. The molecule has 8 heteroatoms. The van der Waals surface area contributed by atoms with E-state index in [9.17, 15) is 22.4 Å². The second-order valence-electron chi connectivity index (χ2n) is 3.59. The quantitative estimate of drug-likeness (QED) is 0.656. The number of anilines is 1. The van der Waals surface area contributed by atoms with E-state index in [-0.39, 0.29) is 18.7 Å². The third-order valence-electron chi connectivity index (χ3n) is 1.94. The van der Waals surface area contributed by atoms with E-state index >= 15 is 0 Å². The van der Waals surface area contributed by atoms with Crippen LogP contribution in [-0.4, -0.2) is 25.3 Å². The molecule has 0 aromatic heterocycles. The van der Waals surface area contributed by atoms with Crippen molar-refractivity contribution in [2.24, 2.45) is 0 Å². The normalized spacial score (nSPS) is 11.4. The summed E-state index contributed by atoms with van der Waals surface area (Å²) < 4.78 is 52.9. The third-order valence-corrected chi connectivity index (χ3v) is 2.63. The van der Waals surface area contributed by atoms with Crippen molar-refractivity contribution in [2.45, 2.75) is 12.6 Å². The van der Waals surface area contributed by atoms with Crippen LogP contribution in [0, 0.1) is 5.82 Å². The molecule has 3 nitrogen and oxygen atoms in total. The molecule has 106 valence electrons. The number of benzene rings is 1. The van der Waals surface area contributed by atoms with Gasteiger partial charge in [-0.15, -0.1) is 0 Å². The van der Waals surface area contributed by atoms with Gasteiger partial charge in [-0.2, -0.15) is 13.2 Å². The van der Waals surface area contributed by atoms with Gasteiger partial charge in [-0.3, -0.25) is 4.79 Å². The highest BCUT2D eigenvalue weighted by Gasteiger charge is 2.27. The first-order chi connectivity index (χ1) is 8.78. The number of nitrogens with one attached hydrogen (secondary N) is 1. The summed E-state index contributed by atoms with van der Waals surface area (Å²) in [6, 6.07) is 3.70. The summed E-state index contributed by atoms with van der Waals surface area (Å²) in [7, 11) is 0. The van der Waals surface area contributed by atoms with Crippen molar-refractivity contribution >= 4 is 27.5 Å². The summed E-state index contributed by atoms with van der Waals surface area (Å²) in [5.74, 6) is -1.10. The Morgan fingerprint density at radius 2 is 2.05 bits per heavy atom. The standard InChI is InChI=1S/C11H10BrF4NO2/c12-8-2-1-7(13)5-9(8)17-10(18)3-4-19-6-11(14,15)16/h1-2,5H,3-4,6H2,(H,17,18). The van der Waals surface area contributed by atoms with Crippen LogP contribution >= 0.6 is 15.9 Å². The van der Waals surface area contributed by atoms with Crippen LogP contribution in [0.15, 0.2) is 22.7 Å². The molecule has 0 atom stereocenters. The molecular weight excluding hydrogens is 334 g/mol. The van der Waals surface area contributed by atoms with Crippen molar-refractivity contribution in [1.29, 1.82) is 0 Å². The zero-order chi connectivity index (χ0) is 14.5. The molecule has 0 unspecified atom stereocenters. The van der Waals surface area contributed by atoms with Crippen molar-refractivity contribution in [3.63, 3.8) is 0 Å². The minimum absolute atomic E-state index is 0.209. The van der Waals surface area contributed by atoms with E-state index in [1.54, 1.807) is 0 Å². The molecule has 1 amide bonds. The van der Waals surface area contributed by atoms with Gasteiger partial charge in [0, 0.05) is 4.47 Å². The highest BCUT2D eigenvalue weighted by atomic mass is 79.9. The van der Waals surface area contributed by atoms with Crippen LogP contribution in [0.3, 0.4) is 0 Å². The second kappa shape index (κ2) is 6.85. The Labute approximate surface area is 115 Å². The highest BCUT2D eigenvalue weighted by Crippen LogP contribution is 2.23. The lowest BCUT2D eigenvalue weighted by Gasteiger charge is -2.09. The Balaban J connectivity index is 2.37. The largest absolute Gasteiger partial charge is 0.411 e. The molecule has 0 aliphatic rings. The Bertz CT molecular complexity index is 451. The lowest BCUT2D eigenvalue weighted by atomic mass is 10.3. The summed E-state index contributed by atoms with van der Waals surface area (Å²) in [6.07, 6.45) is -4.67. The average Bonchev–Trinajstić information content (AvgIpc) is 2.28. The lowest BCUT2D eigenvalue weighted by Crippen LogP contribution is -2.20. The van der Waals surface area contributed by atoms with E-state index in [1.165, 1.54) is 12.1 Å². The molecule has 0 aliphatic heterocycles. The summed E-state index contributed by atoms with van der Waals surface area (Å²) in [6.45, 7) is -1.76. The van der Waals surface area contributed by atoms with E-state index in [4.69, 9.17) is 0 Å². The Morgan fingerprint density at radius 3 is 2.68 bits per heavy atom. The molecule has 0 spiro atoms. The molecule has 1 aromatic carbocycles. The summed E-state index contributed by atoms with van der Waals surface area (Å²) >= 11 is 3.11. The zero-order valence-corrected chi connectivity index (χ0v) is 11.1. The van der Waals surface area contributed by atoms with Gasteiger partial charge in [0.15, 0.2) is 0 Å². The molecule has 0 heterocycles. The molecule has 0 aliphatic carbocycles. The van der Waals surface area contributed by atoms with Gasteiger partial charge in [0.2, 0.25) is 5.91 Å². The number of ether oxygens (including phenoxy) is 1. The Kier molecular flexibility index (Phi) is 5.74. The number of amides is 1. The smallest absolute Gasteiger partial charge is 0.372 e. The van der Waals surface area contributed by atoms with Crippen molar-refractivity contribution < 1.29 is 27.1 Å². The first kappa shape index (κ1) is 15.9. The molecule has 1 N–H and O–H groups in total. The average molecular weight is 344 g/mol. The van der Waals surface area contributed by atoms with Crippen LogP contribution in [0.1, 0.15) is 6.42 Å². The van der Waals surface area contributed by atoms with Crippen molar-refractivity contribution in [2.75, 3.05) is 18.5 Å². The van der Waals surface area contributed by atoms with Crippen LogP contribution in [0.25, 0.3) is 0 Å². The third kappa shape index (κ3) is 6.53. The predicted octanol–water partition coefficient (Wildman–Crippen LogP) is 3.50. The number of carbonyl (C=O) groups excluding carboxylic acids is 1. The molecule has 0 fully saturated rings. The Morgan fingerprint density at radius 1 is 1.37 bits per heavy atom. The topological polar surface area (TPSA) is 38.3 Å². The number of alkyl halides is 3. The minimum Gasteiger partial charge on any atom is -0.372 e. The van der Waals surface area contributed by atoms with E-state index in [1.807, 2.05) is 0 Å². The fourth-order valence-electron chi connectivity index (χ4n) is 1.16. The first-order valence-corrected chi connectivity index (χ1v) is 5.96. The van der Waals surface area contributed by atoms with Crippen LogP contribution in [0.5, 0.6) is 0 Å². The number of halogens is 5. The van der Waals surface area contributed by atoms with Crippen LogP contribution in [0.4, 0.5) is 23.2 Å². The maximum atomic E-state index is 12.9. The molecule has 19 heavy (non-hydrogen) atoms. The maximum absolute atomic E-state index is 12.9. The van der Waals surface area contributed by atoms with Crippen molar-refractivity contribution in [3.8, 4) is 0 Å². The van der Waals surface area contributed by atoms with Gasteiger partial charge in [-0.1, -0.05) is 0 Å². The molecule has 0 saturated carbocycles. The monoisotopic (exact) mass is 343 g/mol.